The number of nitrogens with one attached hydrogen (secondary N) is 1. The average molecular weight is 420 g/mol. The predicted octanol–water partition coefficient (Wildman–Crippen LogP) is 4.71. The summed E-state index contributed by atoms with van der Waals surface area (Å²) in [7, 11) is 0. The van der Waals surface area contributed by atoms with E-state index in [-0.39, 0.29) is 34.4 Å². The van der Waals surface area contributed by atoms with Crippen molar-refractivity contribution < 1.29 is 27.2 Å². The van der Waals surface area contributed by atoms with Gasteiger partial charge in [0.1, 0.15) is 15.5 Å². The Hall–Kier alpha value is -3.34. The molecule has 0 atom stereocenters. The predicted molar refractivity (Wildman–Crippen MR) is 97.8 cm³/mol. The summed E-state index contributed by atoms with van der Waals surface area (Å²) in [5.41, 5.74) is 0.855. The van der Waals surface area contributed by atoms with Crippen LogP contribution in [0, 0.1) is 0 Å². The molecule has 3 aromatic heterocycles. The van der Waals surface area contributed by atoms with E-state index < -0.39 is 11.1 Å². The molecule has 11 heteroatoms. The lowest BCUT2D eigenvalue weighted by Gasteiger charge is -2.09. The molecule has 4 aromatic rings. The lowest BCUT2D eigenvalue weighted by molar-refractivity contribution is -0.134. The molecule has 0 unspecified atom stereocenters. The average Bonchev–Trinajstić information content (AvgIpc) is 3.44. The number of halogens is 3. The van der Waals surface area contributed by atoms with Crippen LogP contribution in [0.25, 0.3) is 21.8 Å². The van der Waals surface area contributed by atoms with Crippen LogP contribution in [-0.2, 0) is 12.7 Å². The minimum absolute atomic E-state index is 0.152. The Labute approximate surface area is 165 Å². The first-order chi connectivity index (χ1) is 14.0. The van der Waals surface area contributed by atoms with E-state index >= 15 is 0 Å². The summed E-state index contributed by atoms with van der Waals surface area (Å²) in [6, 6.07) is 8.01. The topological polar surface area (TPSA) is 82.3 Å². The third-order valence-corrected chi connectivity index (χ3v) is 5.30. The second-order valence-corrected chi connectivity index (χ2v) is 7.17. The number of hydrogen-bond donors (Lipinski definition) is 1. The van der Waals surface area contributed by atoms with E-state index in [1.54, 1.807) is 18.2 Å². The van der Waals surface area contributed by atoms with Gasteiger partial charge in [-0.05, 0) is 23.8 Å². The van der Waals surface area contributed by atoms with Crippen molar-refractivity contribution >= 4 is 27.4 Å². The van der Waals surface area contributed by atoms with Gasteiger partial charge in [-0.3, -0.25) is 0 Å². The number of benzene rings is 1. The number of hydrogen-bond acceptors (Lipinski definition) is 8. The normalized spacial score (nSPS) is 13.2. The van der Waals surface area contributed by atoms with Crippen LogP contribution in [0.3, 0.4) is 0 Å². The van der Waals surface area contributed by atoms with Crippen molar-refractivity contribution in [3.05, 3.63) is 47.0 Å². The van der Waals surface area contributed by atoms with Gasteiger partial charge in [-0.15, -0.1) is 11.3 Å². The maximum atomic E-state index is 13.2. The standard InChI is InChI=1S/C18H11F3N4O3S/c19-18(20,21)14-6-10-15(22-7-9-1-2-11-13(5-9)27-8-26-11)24-16(25-17(10)29-14)12-3-4-23-28-12/h1-6H,7-8H2,(H,22,24,25). The molecule has 0 spiro atoms. The molecule has 0 fully saturated rings. The minimum Gasteiger partial charge on any atom is -0.454 e. The molecule has 1 aliphatic rings. The van der Waals surface area contributed by atoms with Crippen molar-refractivity contribution in [2.45, 2.75) is 12.7 Å². The summed E-state index contributed by atoms with van der Waals surface area (Å²) >= 11 is 0.553. The number of ether oxygens (including phenoxy) is 2. The SMILES string of the molecule is FC(F)(F)c1cc2c(NCc3ccc4c(c3)OCO4)nc(-c3ccno3)nc2s1. The Bertz CT molecular complexity index is 1190. The molecule has 1 aliphatic heterocycles. The lowest BCUT2D eigenvalue weighted by Crippen LogP contribution is -2.03. The molecule has 4 heterocycles. The third kappa shape index (κ3) is 3.33. The van der Waals surface area contributed by atoms with Crippen LogP contribution in [0.5, 0.6) is 11.5 Å². The van der Waals surface area contributed by atoms with E-state index in [0.717, 1.165) is 11.6 Å². The van der Waals surface area contributed by atoms with E-state index in [9.17, 15) is 13.2 Å². The van der Waals surface area contributed by atoms with Crippen molar-refractivity contribution in [2.75, 3.05) is 12.1 Å². The Morgan fingerprint density at radius 1 is 1.07 bits per heavy atom. The van der Waals surface area contributed by atoms with Crippen LogP contribution in [-0.4, -0.2) is 21.9 Å². The van der Waals surface area contributed by atoms with Gasteiger partial charge >= 0.3 is 6.18 Å². The first-order valence-corrected chi connectivity index (χ1v) is 9.21. The molecule has 5 rings (SSSR count). The fourth-order valence-corrected chi connectivity index (χ4v) is 3.77. The molecule has 0 radical (unpaired) electrons. The Balaban J connectivity index is 1.53. The highest BCUT2D eigenvalue weighted by atomic mass is 32.1. The fourth-order valence-electron chi connectivity index (χ4n) is 2.87. The number of nitrogens with zero attached hydrogens (tertiary/aromatic N) is 3. The van der Waals surface area contributed by atoms with Gasteiger partial charge in [0, 0.05) is 12.6 Å². The molecule has 1 aromatic carbocycles. The van der Waals surface area contributed by atoms with Gasteiger partial charge in [-0.25, -0.2) is 9.97 Å². The number of aromatic nitrogens is 3. The molecule has 0 aliphatic carbocycles. The highest BCUT2D eigenvalue weighted by molar-refractivity contribution is 7.18. The van der Waals surface area contributed by atoms with Crippen molar-refractivity contribution in [2.24, 2.45) is 0 Å². The van der Waals surface area contributed by atoms with Gasteiger partial charge < -0.3 is 19.3 Å². The zero-order valence-corrected chi connectivity index (χ0v) is 15.3. The first kappa shape index (κ1) is 17.7. The van der Waals surface area contributed by atoms with Crippen LogP contribution >= 0.6 is 11.3 Å². The number of anilines is 1. The maximum absolute atomic E-state index is 13.2. The lowest BCUT2D eigenvalue weighted by atomic mass is 10.2. The minimum atomic E-state index is -4.47. The van der Waals surface area contributed by atoms with Gasteiger partial charge in [0.15, 0.2) is 11.5 Å². The summed E-state index contributed by atoms with van der Waals surface area (Å²) < 4.78 is 55.3. The van der Waals surface area contributed by atoms with Gasteiger partial charge in [-0.2, -0.15) is 13.2 Å². The number of fused-ring (bicyclic) bond motifs is 2. The smallest absolute Gasteiger partial charge is 0.425 e. The fraction of sp³-hybridized carbons (Fsp3) is 0.167. The van der Waals surface area contributed by atoms with Crippen LogP contribution < -0.4 is 14.8 Å². The number of alkyl halides is 3. The monoisotopic (exact) mass is 420 g/mol. The highest BCUT2D eigenvalue weighted by Crippen LogP contribution is 2.40. The first-order valence-electron chi connectivity index (χ1n) is 8.39. The second-order valence-electron chi connectivity index (χ2n) is 6.14. The number of rotatable bonds is 4. The van der Waals surface area contributed by atoms with Gasteiger partial charge in [0.2, 0.25) is 18.4 Å². The Kier molecular flexibility index (Phi) is 4.05. The van der Waals surface area contributed by atoms with E-state index in [1.807, 2.05) is 6.07 Å². The summed E-state index contributed by atoms with van der Waals surface area (Å²) in [5.74, 6) is 1.96. The summed E-state index contributed by atoms with van der Waals surface area (Å²) in [6.07, 6.45) is -3.05. The summed E-state index contributed by atoms with van der Waals surface area (Å²) in [6.45, 7) is 0.476. The van der Waals surface area contributed by atoms with E-state index in [1.165, 1.54) is 6.20 Å². The number of thiophene rings is 1. The van der Waals surface area contributed by atoms with E-state index in [4.69, 9.17) is 14.0 Å². The zero-order chi connectivity index (χ0) is 20.0. The van der Waals surface area contributed by atoms with Crippen LogP contribution in [0.4, 0.5) is 19.0 Å². The quantitative estimate of drug-likeness (QED) is 0.512. The van der Waals surface area contributed by atoms with E-state index in [0.29, 0.717) is 29.4 Å². The summed E-state index contributed by atoms with van der Waals surface area (Å²) in [5, 5.41) is 6.98. The van der Waals surface area contributed by atoms with E-state index in [2.05, 4.69) is 20.4 Å². The highest BCUT2D eigenvalue weighted by Gasteiger charge is 2.34. The molecule has 0 bridgehead atoms. The van der Waals surface area contributed by atoms with Crippen LogP contribution in [0.2, 0.25) is 0 Å². The van der Waals surface area contributed by atoms with Crippen LogP contribution in [0.15, 0.2) is 41.1 Å². The molecule has 1 N–H and O–H groups in total. The van der Waals surface area contributed by atoms with Crippen molar-refractivity contribution in [3.8, 4) is 23.1 Å². The molecule has 0 saturated heterocycles. The van der Waals surface area contributed by atoms with Gasteiger partial charge in [-0.1, -0.05) is 11.2 Å². The van der Waals surface area contributed by atoms with Gasteiger partial charge in [0.25, 0.3) is 0 Å². The molecule has 0 saturated carbocycles. The van der Waals surface area contributed by atoms with Crippen molar-refractivity contribution in [1.82, 2.24) is 15.1 Å². The molecule has 148 valence electrons. The zero-order valence-electron chi connectivity index (χ0n) is 14.5. The Morgan fingerprint density at radius 3 is 2.72 bits per heavy atom. The maximum Gasteiger partial charge on any atom is 0.425 e. The molecule has 0 amide bonds. The van der Waals surface area contributed by atoms with Crippen molar-refractivity contribution in [3.63, 3.8) is 0 Å². The van der Waals surface area contributed by atoms with Crippen LogP contribution in [0.1, 0.15) is 10.4 Å². The van der Waals surface area contributed by atoms with Gasteiger partial charge in [0.05, 0.1) is 11.6 Å². The third-order valence-electron chi connectivity index (χ3n) is 4.23. The van der Waals surface area contributed by atoms with Crippen molar-refractivity contribution in [1.29, 1.82) is 0 Å². The molecule has 7 nitrogen and oxygen atoms in total. The molecular formula is C18H11F3N4O3S. The summed E-state index contributed by atoms with van der Waals surface area (Å²) in [4.78, 5) is 8.02. The Morgan fingerprint density at radius 2 is 1.93 bits per heavy atom. The molecular weight excluding hydrogens is 409 g/mol. The second kappa shape index (κ2) is 6.62. The largest absolute Gasteiger partial charge is 0.454 e. The molecule has 29 heavy (non-hydrogen) atoms.